The van der Waals surface area contributed by atoms with Crippen LogP contribution in [0.3, 0.4) is 0 Å². The molecule has 4 aromatic rings. The number of para-hydroxylation sites is 1. The van der Waals surface area contributed by atoms with Gasteiger partial charge in [-0.1, -0.05) is 29.8 Å². The van der Waals surface area contributed by atoms with Crippen LogP contribution in [0, 0.1) is 6.92 Å². The number of benzene rings is 2. The lowest BCUT2D eigenvalue weighted by Gasteiger charge is -2.22. The minimum absolute atomic E-state index is 0.151. The largest absolute Gasteiger partial charge is 0.474 e. The van der Waals surface area contributed by atoms with E-state index in [0.717, 1.165) is 51.1 Å². The van der Waals surface area contributed by atoms with Crippen LogP contribution >= 0.6 is 11.6 Å². The number of carbonyl (C=O) groups excluding carboxylic acids is 1. The Kier molecular flexibility index (Phi) is 4.23. The molecule has 0 fully saturated rings. The molecule has 0 atom stereocenters. The van der Waals surface area contributed by atoms with Crippen LogP contribution < -0.4 is 15.4 Å². The van der Waals surface area contributed by atoms with Crippen molar-refractivity contribution in [2.45, 2.75) is 6.92 Å². The van der Waals surface area contributed by atoms with Gasteiger partial charge in [-0.05, 0) is 48.2 Å². The van der Waals surface area contributed by atoms with E-state index in [9.17, 15) is 4.79 Å². The number of pyridine rings is 1. The molecule has 0 aliphatic carbocycles. The zero-order valence-electron chi connectivity index (χ0n) is 17.3. The van der Waals surface area contributed by atoms with E-state index < -0.39 is 0 Å². The number of H-pyrrole nitrogens is 1. The molecule has 2 aromatic heterocycles. The number of halogens is 1. The van der Waals surface area contributed by atoms with Gasteiger partial charge in [-0.3, -0.25) is 4.79 Å². The van der Waals surface area contributed by atoms with Crippen molar-refractivity contribution in [3.63, 3.8) is 0 Å². The van der Waals surface area contributed by atoms with Crippen LogP contribution in [0.4, 0.5) is 11.4 Å². The second-order valence-corrected chi connectivity index (χ2v) is 8.36. The van der Waals surface area contributed by atoms with Crippen LogP contribution in [0.15, 0.2) is 48.7 Å². The second kappa shape index (κ2) is 7.14. The maximum absolute atomic E-state index is 12.8. The van der Waals surface area contributed by atoms with Crippen molar-refractivity contribution in [1.29, 1.82) is 0 Å². The smallest absolute Gasteiger partial charge is 0.256 e. The fraction of sp³-hybridized carbons (Fsp3) is 0.120. The van der Waals surface area contributed by atoms with Crippen LogP contribution in [0.5, 0.6) is 5.88 Å². The Bertz CT molecular complexity index is 1420. The van der Waals surface area contributed by atoms with E-state index in [2.05, 4.69) is 20.6 Å². The van der Waals surface area contributed by atoms with Crippen molar-refractivity contribution in [2.75, 3.05) is 23.8 Å². The molecule has 7 heteroatoms. The third-order valence-electron chi connectivity index (χ3n) is 5.98. The molecule has 2 aliphatic heterocycles. The third kappa shape index (κ3) is 2.95. The van der Waals surface area contributed by atoms with Gasteiger partial charge in [-0.25, -0.2) is 4.98 Å². The summed E-state index contributed by atoms with van der Waals surface area (Å²) in [6.45, 7) is 3.34. The van der Waals surface area contributed by atoms with Crippen LogP contribution in [-0.2, 0) is 4.79 Å². The average Bonchev–Trinajstić information content (AvgIpc) is 3.34. The number of carbonyl (C=O) groups is 1. The van der Waals surface area contributed by atoms with Crippen molar-refractivity contribution >= 4 is 51.4 Å². The molecule has 4 heterocycles. The summed E-state index contributed by atoms with van der Waals surface area (Å²) in [6.07, 6.45) is 3.66. The Balaban J connectivity index is 1.48. The summed E-state index contributed by atoms with van der Waals surface area (Å²) < 4.78 is 5.65. The Labute approximate surface area is 189 Å². The van der Waals surface area contributed by atoms with Crippen LogP contribution in [0.1, 0.15) is 16.8 Å². The summed E-state index contributed by atoms with van der Waals surface area (Å²) in [4.78, 5) is 20.6. The molecule has 6 rings (SSSR count). The van der Waals surface area contributed by atoms with Crippen molar-refractivity contribution in [3.05, 3.63) is 70.5 Å². The normalized spacial score (nSPS) is 15.8. The Hall–Kier alpha value is -3.77. The summed E-state index contributed by atoms with van der Waals surface area (Å²) in [5, 5.41) is 7.94. The van der Waals surface area contributed by atoms with Crippen molar-refractivity contribution in [3.8, 4) is 17.0 Å². The Morgan fingerprint density at radius 2 is 2.00 bits per heavy atom. The summed E-state index contributed by atoms with van der Waals surface area (Å²) >= 11 is 6.65. The van der Waals surface area contributed by atoms with Gasteiger partial charge in [0.15, 0.2) is 0 Å². The van der Waals surface area contributed by atoms with E-state index in [1.807, 2.05) is 49.4 Å². The molecule has 32 heavy (non-hydrogen) atoms. The molecular weight excluding hydrogens is 424 g/mol. The Morgan fingerprint density at radius 1 is 1.12 bits per heavy atom. The number of aromatic amines is 1. The molecule has 3 N–H and O–H groups in total. The molecule has 0 saturated carbocycles. The van der Waals surface area contributed by atoms with Crippen LogP contribution in [-0.4, -0.2) is 29.0 Å². The third-order valence-corrected chi connectivity index (χ3v) is 6.29. The highest BCUT2D eigenvalue weighted by molar-refractivity contribution is 6.38. The number of fused-ring (bicyclic) bond motifs is 3. The summed E-state index contributed by atoms with van der Waals surface area (Å²) in [7, 11) is 0. The molecule has 158 valence electrons. The number of rotatable bonds is 2. The molecule has 6 nitrogen and oxygen atoms in total. The highest BCUT2D eigenvalue weighted by Gasteiger charge is 2.27. The van der Waals surface area contributed by atoms with Gasteiger partial charge < -0.3 is 20.4 Å². The maximum atomic E-state index is 12.8. The number of hydrogen-bond donors (Lipinski definition) is 3. The summed E-state index contributed by atoms with van der Waals surface area (Å²) in [5.74, 6) is 0.452. The van der Waals surface area contributed by atoms with Gasteiger partial charge in [0.05, 0.1) is 16.3 Å². The fourth-order valence-corrected chi connectivity index (χ4v) is 4.65. The highest BCUT2D eigenvalue weighted by Crippen LogP contribution is 2.43. The first-order valence-corrected chi connectivity index (χ1v) is 10.8. The average molecular weight is 443 g/mol. The molecule has 0 saturated heterocycles. The first-order chi connectivity index (χ1) is 15.6. The molecule has 0 bridgehead atoms. The van der Waals surface area contributed by atoms with Crippen LogP contribution in [0.25, 0.3) is 33.7 Å². The first kappa shape index (κ1) is 19.0. The maximum Gasteiger partial charge on any atom is 0.256 e. The van der Waals surface area contributed by atoms with Gasteiger partial charge in [-0.15, -0.1) is 0 Å². The number of nitrogens with zero attached hydrogens (tertiary/aromatic N) is 1. The minimum atomic E-state index is -0.151. The van der Waals surface area contributed by atoms with Gasteiger partial charge in [0.1, 0.15) is 12.3 Å². The number of aromatic nitrogens is 2. The van der Waals surface area contributed by atoms with E-state index in [1.54, 1.807) is 12.3 Å². The molecule has 2 aliphatic rings. The predicted octanol–water partition coefficient (Wildman–Crippen LogP) is 5.49. The Morgan fingerprint density at radius 3 is 2.88 bits per heavy atom. The standard InChI is InChI=1S/C25H19ClN4O2/c1-13-19(12-28-25-23(13)27-6-7-32-25)16-10-17-18(24(31)30-22(17)11-20(16)26)9-15-8-14-4-2-3-5-21(14)29-15/h2-5,8-12,27,29H,6-7H2,1H3,(H,30,31). The van der Waals surface area contributed by atoms with E-state index >= 15 is 0 Å². The predicted molar refractivity (Wildman–Crippen MR) is 128 cm³/mol. The first-order valence-electron chi connectivity index (χ1n) is 10.4. The molecule has 2 aromatic carbocycles. The number of anilines is 2. The molecule has 0 unspecified atom stereocenters. The zero-order chi connectivity index (χ0) is 21.8. The van der Waals surface area contributed by atoms with E-state index in [1.165, 1.54) is 0 Å². The summed E-state index contributed by atoms with van der Waals surface area (Å²) in [6, 6.07) is 13.8. The minimum Gasteiger partial charge on any atom is -0.474 e. The van der Waals surface area contributed by atoms with Gasteiger partial charge in [-0.2, -0.15) is 0 Å². The number of amides is 1. The lowest BCUT2D eigenvalue weighted by atomic mass is 9.96. The lowest BCUT2D eigenvalue weighted by molar-refractivity contribution is -0.110. The van der Waals surface area contributed by atoms with E-state index in [0.29, 0.717) is 28.8 Å². The van der Waals surface area contributed by atoms with Gasteiger partial charge in [0.2, 0.25) is 5.88 Å². The SMILES string of the molecule is Cc1c(-c2cc3c(cc2Cl)NC(=O)C3=Cc2cc3ccccc3[nH]2)cnc2c1NCCO2. The molecule has 0 spiro atoms. The van der Waals surface area contributed by atoms with Crippen molar-refractivity contribution in [2.24, 2.45) is 0 Å². The number of ether oxygens (including phenoxy) is 1. The molecule has 0 radical (unpaired) electrons. The molecular formula is C25H19ClN4O2. The van der Waals surface area contributed by atoms with Gasteiger partial charge >= 0.3 is 0 Å². The zero-order valence-corrected chi connectivity index (χ0v) is 18.0. The van der Waals surface area contributed by atoms with Gasteiger partial charge in [0.25, 0.3) is 5.91 Å². The van der Waals surface area contributed by atoms with Gasteiger partial charge in [0, 0.05) is 40.6 Å². The lowest BCUT2D eigenvalue weighted by Crippen LogP contribution is -2.20. The van der Waals surface area contributed by atoms with E-state index in [-0.39, 0.29) is 5.91 Å². The number of hydrogen-bond acceptors (Lipinski definition) is 4. The van der Waals surface area contributed by atoms with E-state index in [4.69, 9.17) is 16.3 Å². The van der Waals surface area contributed by atoms with Crippen LogP contribution in [0.2, 0.25) is 5.02 Å². The topological polar surface area (TPSA) is 79.0 Å². The monoisotopic (exact) mass is 442 g/mol. The van der Waals surface area contributed by atoms with Crippen molar-refractivity contribution < 1.29 is 9.53 Å². The quantitative estimate of drug-likeness (QED) is 0.359. The second-order valence-electron chi connectivity index (χ2n) is 7.95. The number of nitrogens with one attached hydrogen (secondary N) is 3. The molecule has 1 amide bonds. The summed E-state index contributed by atoms with van der Waals surface area (Å²) in [5.41, 5.74) is 7.63. The highest BCUT2D eigenvalue weighted by atomic mass is 35.5. The van der Waals surface area contributed by atoms with Crippen molar-refractivity contribution in [1.82, 2.24) is 9.97 Å². The fourth-order valence-electron chi connectivity index (χ4n) is 4.38.